The largest absolute Gasteiger partial charge is 0.497 e. The Balaban J connectivity index is 1.34. The number of halogens is 6. The van der Waals surface area contributed by atoms with Crippen LogP contribution in [0.15, 0.2) is 47.5 Å². The zero-order valence-electron chi connectivity index (χ0n) is 23.2. The Morgan fingerprint density at radius 3 is 2.16 bits per heavy atom. The molecule has 10 nitrogen and oxygen atoms in total. The molecule has 1 amide bonds. The van der Waals surface area contributed by atoms with Crippen LogP contribution in [0.2, 0.25) is 0 Å². The number of nitrogens with zero attached hydrogens (tertiary/aromatic N) is 6. The number of alkyl halides is 6. The number of hydrogen-bond donors (Lipinski definition) is 0. The van der Waals surface area contributed by atoms with Gasteiger partial charge in [-0.25, -0.2) is 14.6 Å². The van der Waals surface area contributed by atoms with E-state index in [0.717, 1.165) is 4.68 Å². The van der Waals surface area contributed by atoms with Gasteiger partial charge in [-0.15, -0.1) is 0 Å². The minimum absolute atomic E-state index is 0.0707. The fourth-order valence-electron chi connectivity index (χ4n) is 4.33. The molecular weight excluding hydrogens is 586 g/mol. The van der Waals surface area contributed by atoms with Crippen LogP contribution in [0.5, 0.6) is 5.75 Å². The van der Waals surface area contributed by atoms with Crippen molar-refractivity contribution >= 4 is 11.9 Å². The molecule has 1 saturated heterocycles. The van der Waals surface area contributed by atoms with Crippen molar-refractivity contribution in [3.63, 3.8) is 0 Å². The van der Waals surface area contributed by atoms with E-state index in [4.69, 9.17) is 9.47 Å². The van der Waals surface area contributed by atoms with Gasteiger partial charge in [0.05, 0.1) is 44.0 Å². The number of carbonyl (C=O) groups excluding carboxylic acids is 1. The zero-order valence-corrected chi connectivity index (χ0v) is 23.2. The summed E-state index contributed by atoms with van der Waals surface area (Å²) >= 11 is 0. The molecule has 0 radical (unpaired) electrons. The van der Waals surface area contributed by atoms with Crippen molar-refractivity contribution in [2.75, 3.05) is 44.8 Å². The molecule has 1 aliphatic heterocycles. The number of rotatable bonds is 9. The van der Waals surface area contributed by atoms with E-state index in [2.05, 4.69) is 15.1 Å². The summed E-state index contributed by atoms with van der Waals surface area (Å²) in [5.74, 6) is 0.394. The van der Waals surface area contributed by atoms with E-state index in [1.54, 1.807) is 34.1 Å². The number of piperazine rings is 1. The summed E-state index contributed by atoms with van der Waals surface area (Å²) in [6, 6.07) is 7.09. The van der Waals surface area contributed by atoms with Gasteiger partial charge in [-0.3, -0.25) is 9.59 Å². The number of carbonyl (C=O) groups is 1. The highest BCUT2D eigenvalue weighted by molar-refractivity contribution is 5.76. The van der Waals surface area contributed by atoms with E-state index in [-0.39, 0.29) is 50.2 Å². The molecule has 0 saturated carbocycles. The first-order valence-corrected chi connectivity index (χ1v) is 13.1. The monoisotopic (exact) mass is 614 g/mol. The van der Waals surface area contributed by atoms with Crippen molar-refractivity contribution in [1.82, 2.24) is 24.6 Å². The van der Waals surface area contributed by atoms with Crippen LogP contribution in [0.3, 0.4) is 0 Å². The first-order valence-electron chi connectivity index (χ1n) is 13.1. The van der Waals surface area contributed by atoms with Crippen LogP contribution in [-0.2, 0) is 28.4 Å². The molecule has 0 N–H and O–H groups in total. The van der Waals surface area contributed by atoms with E-state index in [1.807, 2.05) is 0 Å². The normalized spacial score (nSPS) is 15.0. The van der Waals surface area contributed by atoms with Gasteiger partial charge < -0.3 is 19.3 Å². The van der Waals surface area contributed by atoms with Gasteiger partial charge in [0, 0.05) is 38.6 Å². The molecule has 1 aliphatic rings. The number of anilines is 1. The van der Waals surface area contributed by atoms with E-state index in [9.17, 15) is 35.9 Å². The van der Waals surface area contributed by atoms with Gasteiger partial charge >= 0.3 is 12.4 Å². The first kappa shape index (κ1) is 31.7. The topological polar surface area (TPSA) is 103 Å². The average molecular weight is 615 g/mol. The predicted octanol–water partition coefficient (Wildman–Crippen LogP) is 3.94. The number of aromatic nitrogens is 4. The van der Waals surface area contributed by atoms with Crippen molar-refractivity contribution in [3.05, 3.63) is 75.5 Å². The maximum atomic E-state index is 13.7. The maximum absolute atomic E-state index is 13.7. The molecule has 43 heavy (non-hydrogen) atoms. The molecule has 0 spiro atoms. The summed E-state index contributed by atoms with van der Waals surface area (Å²) < 4.78 is 90.6. The molecule has 0 aliphatic carbocycles. The average Bonchev–Trinajstić information content (AvgIpc) is 2.97. The maximum Gasteiger partial charge on any atom is 0.421 e. The molecule has 232 valence electrons. The third kappa shape index (κ3) is 8.00. The number of benzene rings is 1. The number of hydrogen-bond acceptors (Lipinski definition) is 8. The van der Waals surface area contributed by atoms with Crippen LogP contribution < -0.4 is 15.2 Å². The van der Waals surface area contributed by atoms with Crippen LogP contribution in [0.25, 0.3) is 0 Å². The van der Waals surface area contributed by atoms with Gasteiger partial charge in [0.1, 0.15) is 11.3 Å². The number of ether oxygens (including phenoxy) is 2. The lowest BCUT2D eigenvalue weighted by molar-refractivity contribution is -0.139. The molecule has 1 fully saturated rings. The van der Waals surface area contributed by atoms with E-state index in [1.165, 1.54) is 14.0 Å². The Labute approximate surface area is 241 Å². The fourth-order valence-corrected chi connectivity index (χ4v) is 4.33. The van der Waals surface area contributed by atoms with Gasteiger partial charge in [0.25, 0.3) is 5.56 Å². The Morgan fingerprint density at radius 1 is 0.977 bits per heavy atom. The molecule has 3 heterocycles. The Hall–Kier alpha value is -4.21. The summed E-state index contributed by atoms with van der Waals surface area (Å²) in [6.45, 7) is 2.27. The molecule has 1 atom stereocenters. The van der Waals surface area contributed by atoms with Crippen LogP contribution in [-0.4, -0.2) is 70.5 Å². The first-order chi connectivity index (χ1) is 20.3. The second kappa shape index (κ2) is 13.0. The fraction of sp³-hybridized carbons (Fsp3) is 0.444. The number of methoxy groups -OCH3 is 1. The quantitative estimate of drug-likeness (QED) is 0.334. The highest BCUT2D eigenvalue weighted by Crippen LogP contribution is 2.29. The highest BCUT2D eigenvalue weighted by Gasteiger charge is 2.36. The van der Waals surface area contributed by atoms with Gasteiger partial charge in [0.2, 0.25) is 11.9 Å². The van der Waals surface area contributed by atoms with Crippen LogP contribution >= 0.6 is 0 Å². The molecule has 0 bridgehead atoms. The van der Waals surface area contributed by atoms with Gasteiger partial charge in [-0.05, 0) is 30.7 Å². The molecule has 16 heteroatoms. The lowest BCUT2D eigenvalue weighted by Gasteiger charge is -2.34. The molecule has 4 rings (SSSR count). The number of amides is 1. The Bertz CT molecular complexity index is 1450. The van der Waals surface area contributed by atoms with Crippen molar-refractivity contribution in [3.8, 4) is 5.75 Å². The SMILES string of the molecule is COc1ccc(Cn2nc(C(C)OCCC(=O)N3CCN(c4ncc(C(F)(F)F)cn4)CC3)cc(C(F)(F)F)c2=O)cc1. The summed E-state index contributed by atoms with van der Waals surface area (Å²) in [5, 5.41) is 4.10. The summed E-state index contributed by atoms with van der Waals surface area (Å²) in [5.41, 5.74) is -3.23. The van der Waals surface area contributed by atoms with Gasteiger partial charge in [-0.1, -0.05) is 12.1 Å². The lowest BCUT2D eigenvalue weighted by atomic mass is 10.2. The van der Waals surface area contributed by atoms with Gasteiger partial charge in [0.15, 0.2) is 0 Å². The third-order valence-electron chi connectivity index (χ3n) is 6.77. The standard InChI is InChI=1S/C27H28F6N6O4/c1-17(22-13-21(27(31,32)33)24(41)39(36-22)16-18-3-5-20(42-2)6-4-18)43-12-7-23(40)37-8-10-38(11-9-37)25-34-14-19(15-35-25)26(28,29)30/h3-6,13-15,17H,7-12,16H2,1-2H3. The molecule has 1 aromatic carbocycles. The van der Waals surface area contributed by atoms with Crippen LogP contribution in [0.1, 0.15) is 41.8 Å². The highest BCUT2D eigenvalue weighted by atomic mass is 19.4. The van der Waals surface area contributed by atoms with Crippen molar-refractivity contribution in [1.29, 1.82) is 0 Å². The van der Waals surface area contributed by atoms with Crippen molar-refractivity contribution < 1.29 is 40.6 Å². The zero-order chi connectivity index (χ0) is 31.4. The molecule has 2 aromatic heterocycles. The second-order valence-corrected chi connectivity index (χ2v) is 9.69. The van der Waals surface area contributed by atoms with E-state index < -0.39 is 35.1 Å². The minimum atomic E-state index is -4.92. The van der Waals surface area contributed by atoms with Crippen molar-refractivity contribution in [2.24, 2.45) is 0 Å². The van der Waals surface area contributed by atoms with Gasteiger partial charge in [-0.2, -0.15) is 31.4 Å². The van der Waals surface area contributed by atoms with E-state index in [0.29, 0.717) is 42.9 Å². The van der Waals surface area contributed by atoms with E-state index >= 15 is 0 Å². The second-order valence-electron chi connectivity index (χ2n) is 9.69. The smallest absolute Gasteiger partial charge is 0.421 e. The Morgan fingerprint density at radius 2 is 1.60 bits per heavy atom. The third-order valence-corrected chi connectivity index (χ3v) is 6.77. The lowest BCUT2D eigenvalue weighted by Crippen LogP contribution is -2.49. The molecule has 1 unspecified atom stereocenters. The predicted molar refractivity (Wildman–Crippen MR) is 140 cm³/mol. The molecule has 3 aromatic rings. The Kier molecular flexibility index (Phi) is 9.57. The van der Waals surface area contributed by atoms with Crippen LogP contribution in [0, 0.1) is 0 Å². The summed E-state index contributed by atoms with van der Waals surface area (Å²) in [4.78, 5) is 36.0. The van der Waals surface area contributed by atoms with Crippen LogP contribution in [0.4, 0.5) is 32.3 Å². The summed E-state index contributed by atoms with van der Waals surface area (Å²) in [6.07, 6.45) is -9.09. The van der Waals surface area contributed by atoms with Crippen molar-refractivity contribution in [2.45, 2.75) is 38.3 Å². The summed E-state index contributed by atoms with van der Waals surface area (Å²) in [7, 11) is 1.47. The molecular formula is C27H28F6N6O4. The minimum Gasteiger partial charge on any atom is -0.497 e.